The zero-order valence-corrected chi connectivity index (χ0v) is 12.3. The fourth-order valence-corrected chi connectivity index (χ4v) is 3.42. The normalized spacial score (nSPS) is 21.5. The van der Waals surface area contributed by atoms with Gasteiger partial charge in [0.2, 0.25) is 5.91 Å². The molecule has 1 fully saturated rings. The van der Waals surface area contributed by atoms with Gasteiger partial charge in [-0.3, -0.25) is 9.89 Å². The third-order valence-corrected chi connectivity index (χ3v) is 4.59. The molecule has 1 aromatic heterocycles. The van der Waals surface area contributed by atoms with E-state index in [9.17, 15) is 4.79 Å². The molecule has 1 aliphatic heterocycles. The van der Waals surface area contributed by atoms with E-state index in [0.717, 1.165) is 29.7 Å². The molecule has 1 atom stereocenters. The maximum absolute atomic E-state index is 11.8. The highest BCUT2D eigenvalue weighted by molar-refractivity contribution is 5.94. The Balaban J connectivity index is 1.55. The molecule has 2 N–H and O–H groups in total. The van der Waals surface area contributed by atoms with E-state index in [4.69, 9.17) is 4.74 Å². The number of aromatic nitrogens is 2. The Morgan fingerprint density at radius 2 is 1.91 bits per heavy atom. The number of carbonyl (C=O) groups excluding carboxylic acids is 1. The topological polar surface area (TPSA) is 67.0 Å². The second kappa shape index (κ2) is 5.48. The fraction of sp³-hybridized carbons (Fsp3) is 0.412. The first kappa shape index (κ1) is 13.4. The second-order valence-electron chi connectivity index (χ2n) is 6.10. The Morgan fingerprint density at radius 1 is 1.14 bits per heavy atom. The fourth-order valence-electron chi connectivity index (χ4n) is 3.42. The molecule has 2 aliphatic rings. The predicted octanol–water partition coefficient (Wildman–Crippen LogP) is 3.21. The minimum atomic E-state index is 0.0213. The summed E-state index contributed by atoms with van der Waals surface area (Å²) in [6.45, 7) is 0. The summed E-state index contributed by atoms with van der Waals surface area (Å²) in [5, 5.41) is 9.69. The molecule has 0 spiro atoms. The summed E-state index contributed by atoms with van der Waals surface area (Å²) in [5.74, 6) is 1.71. The summed E-state index contributed by atoms with van der Waals surface area (Å²) < 4.78 is 6.00. The van der Waals surface area contributed by atoms with Crippen LogP contribution in [0.4, 0.5) is 5.82 Å². The predicted molar refractivity (Wildman–Crippen MR) is 83.0 cm³/mol. The number of ether oxygens (including phenoxy) is 1. The van der Waals surface area contributed by atoms with Crippen molar-refractivity contribution in [2.45, 2.75) is 44.1 Å². The zero-order valence-electron chi connectivity index (χ0n) is 12.3. The summed E-state index contributed by atoms with van der Waals surface area (Å²) in [6, 6.07) is 8.15. The van der Waals surface area contributed by atoms with E-state index in [0.29, 0.717) is 18.3 Å². The lowest BCUT2D eigenvalue weighted by Crippen LogP contribution is -2.22. The number of nitrogens with zero attached hydrogens (tertiary/aromatic N) is 1. The molecule has 5 heteroatoms. The van der Waals surface area contributed by atoms with Crippen LogP contribution in [0.15, 0.2) is 30.5 Å². The van der Waals surface area contributed by atoms with Gasteiger partial charge in [-0.1, -0.05) is 12.1 Å². The van der Waals surface area contributed by atoms with Gasteiger partial charge in [0, 0.05) is 17.9 Å². The first-order chi connectivity index (χ1) is 10.8. The molecule has 0 radical (unpaired) electrons. The van der Waals surface area contributed by atoms with Gasteiger partial charge in [0.1, 0.15) is 11.6 Å². The van der Waals surface area contributed by atoms with Crippen molar-refractivity contribution < 1.29 is 9.53 Å². The molecule has 1 aromatic carbocycles. The molecule has 4 rings (SSSR count). The lowest BCUT2D eigenvalue weighted by molar-refractivity contribution is -0.116. The number of aromatic amines is 1. The van der Waals surface area contributed by atoms with Gasteiger partial charge >= 0.3 is 0 Å². The first-order valence-electron chi connectivity index (χ1n) is 7.89. The van der Waals surface area contributed by atoms with Gasteiger partial charge in [-0.15, -0.1) is 0 Å². The van der Waals surface area contributed by atoms with Crippen molar-refractivity contribution in [3.8, 4) is 5.75 Å². The molecule has 22 heavy (non-hydrogen) atoms. The largest absolute Gasteiger partial charge is 0.490 e. The van der Waals surface area contributed by atoms with E-state index < -0.39 is 0 Å². The van der Waals surface area contributed by atoms with Gasteiger partial charge in [-0.05, 0) is 43.4 Å². The summed E-state index contributed by atoms with van der Waals surface area (Å²) in [6.07, 6.45) is 7.46. The maximum Gasteiger partial charge on any atom is 0.226 e. The minimum absolute atomic E-state index is 0.0213. The molecule has 0 unspecified atom stereocenters. The molecule has 2 aromatic rings. The summed E-state index contributed by atoms with van der Waals surface area (Å²) >= 11 is 0. The van der Waals surface area contributed by atoms with Crippen molar-refractivity contribution in [3.63, 3.8) is 0 Å². The third-order valence-electron chi connectivity index (χ3n) is 4.59. The second-order valence-corrected chi connectivity index (χ2v) is 6.10. The van der Waals surface area contributed by atoms with Crippen LogP contribution < -0.4 is 10.1 Å². The number of nitrogens with one attached hydrogen (secondary N) is 2. The number of fused-ring (bicyclic) bond motifs is 1. The van der Waals surface area contributed by atoms with Crippen molar-refractivity contribution in [1.82, 2.24) is 10.2 Å². The molecule has 0 bridgehead atoms. The van der Waals surface area contributed by atoms with Crippen LogP contribution in [0.3, 0.4) is 0 Å². The Hall–Kier alpha value is -2.30. The minimum Gasteiger partial charge on any atom is -0.490 e. The Labute approximate surface area is 129 Å². The van der Waals surface area contributed by atoms with Gasteiger partial charge in [0.25, 0.3) is 0 Å². The van der Waals surface area contributed by atoms with Crippen molar-refractivity contribution in [2.24, 2.45) is 0 Å². The van der Waals surface area contributed by atoms with Crippen LogP contribution in [0, 0.1) is 0 Å². The van der Waals surface area contributed by atoms with E-state index in [1.807, 2.05) is 12.1 Å². The molecule has 5 nitrogen and oxygen atoms in total. The van der Waals surface area contributed by atoms with Gasteiger partial charge in [0.15, 0.2) is 0 Å². The van der Waals surface area contributed by atoms with E-state index in [1.54, 1.807) is 6.20 Å². The van der Waals surface area contributed by atoms with Crippen molar-refractivity contribution in [3.05, 3.63) is 41.6 Å². The monoisotopic (exact) mass is 297 g/mol. The molecule has 0 saturated heterocycles. The van der Waals surface area contributed by atoms with Crippen LogP contribution >= 0.6 is 0 Å². The number of carbonyl (C=O) groups is 1. The number of hydrogen-bond donors (Lipinski definition) is 2. The van der Waals surface area contributed by atoms with E-state index >= 15 is 0 Å². The quantitative estimate of drug-likeness (QED) is 0.914. The van der Waals surface area contributed by atoms with Crippen LogP contribution in [0.1, 0.15) is 49.1 Å². The van der Waals surface area contributed by atoms with Crippen LogP contribution in [0.2, 0.25) is 0 Å². The van der Waals surface area contributed by atoms with Crippen molar-refractivity contribution in [1.29, 1.82) is 0 Å². The van der Waals surface area contributed by atoms with Gasteiger partial charge in [-0.25, -0.2) is 0 Å². The number of amides is 1. The standard InChI is InChI=1S/C17H19N3O2/c21-16-9-14(15-10-18-20-17(15)19-16)11-5-7-13(8-6-11)22-12-3-1-2-4-12/h5-8,10,12,14H,1-4,9H2,(H2,18,19,20,21)/t14-/m0/s1. The summed E-state index contributed by atoms with van der Waals surface area (Å²) in [7, 11) is 0. The average Bonchev–Trinajstić information content (AvgIpc) is 3.18. The SMILES string of the molecule is O=C1C[C@@H](c2ccc(OC3CCCC3)cc2)c2cn[nH]c2N1. The molecule has 1 amide bonds. The lowest BCUT2D eigenvalue weighted by Gasteiger charge is -2.22. The Morgan fingerprint density at radius 3 is 2.68 bits per heavy atom. The van der Waals surface area contributed by atoms with E-state index in [2.05, 4.69) is 27.6 Å². The third kappa shape index (κ3) is 2.47. The van der Waals surface area contributed by atoms with Crippen LogP contribution in [-0.2, 0) is 4.79 Å². The van der Waals surface area contributed by atoms with Crippen molar-refractivity contribution in [2.75, 3.05) is 5.32 Å². The highest BCUT2D eigenvalue weighted by atomic mass is 16.5. The van der Waals surface area contributed by atoms with Crippen LogP contribution in [-0.4, -0.2) is 22.2 Å². The Bertz CT molecular complexity index is 671. The number of benzene rings is 1. The van der Waals surface area contributed by atoms with Gasteiger partial charge in [-0.2, -0.15) is 5.10 Å². The Kier molecular flexibility index (Phi) is 3.33. The van der Waals surface area contributed by atoms with Gasteiger partial charge in [0.05, 0.1) is 12.3 Å². The number of H-pyrrole nitrogens is 1. The van der Waals surface area contributed by atoms with Crippen LogP contribution in [0.25, 0.3) is 0 Å². The number of hydrogen-bond acceptors (Lipinski definition) is 3. The van der Waals surface area contributed by atoms with Crippen molar-refractivity contribution >= 4 is 11.7 Å². The molecular formula is C17H19N3O2. The smallest absolute Gasteiger partial charge is 0.226 e. The van der Waals surface area contributed by atoms with Crippen LogP contribution in [0.5, 0.6) is 5.75 Å². The highest BCUT2D eigenvalue weighted by Gasteiger charge is 2.28. The molecule has 114 valence electrons. The number of rotatable bonds is 3. The summed E-state index contributed by atoms with van der Waals surface area (Å²) in [5.41, 5.74) is 2.17. The maximum atomic E-state index is 11.8. The molecule has 2 heterocycles. The molecular weight excluding hydrogens is 278 g/mol. The summed E-state index contributed by atoms with van der Waals surface area (Å²) in [4.78, 5) is 11.8. The highest BCUT2D eigenvalue weighted by Crippen LogP contribution is 2.36. The zero-order chi connectivity index (χ0) is 14.9. The number of anilines is 1. The molecule has 1 saturated carbocycles. The van der Waals surface area contributed by atoms with Gasteiger partial charge < -0.3 is 10.1 Å². The van der Waals surface area contributed by atoms with E-state index in [-0.39, 0.29) is 11.8 Å². The first-order valence-corrected chi connectivity index (χ1v) is 7.89. The van der Waals surface area contributed by atoms with E-state index in [1.165, 1.54) is 12.8 Å². The lowest BCUT2D eigenvalue weighted by atomic mass is 9.87. The average molecular weight is 297 g/mol. The molecule has 1 aliphatic carbocycles.